The Balaban J connectivity index is 2.30. The summed E-state index contributed by atoms with van der Waals surface area (Å²) in [6, 6.07) is 4.48. The van der Waals surface area contributed by atoms with E-state index in [1.807, 2.05) is 13.0 Å². The van der Waals surface area contributed by atoms with Gasteiger partial charge in [-0.2, -0.15) is 5.26 Å². The van der Waals surface area contributed by atoms with Gasteiger partial charge >= 0.3 is 0 Å². The topological polar surface area (TPSA) is 61.6 Å². The molecule has 0 aliphatic rings. The molecular weight excluding hydrogens is 244 g/mol. The molecule has 1 heterocycles. The highest BCUT2D eigenvalue weighted by atomic mass is 32.2. The van der Waals surface area contributed by atoms with Gasteiger partial charge in [-0.15, -0.1) is 0 Å². The van der Waals surface area contributed by atoms with Crippen molar-refractivity contribution in [1.82, 2.24) is 15.3 Å². The molecule has 0 aromatic carbocycles. The van der Waals surface area contributed by atoms with E-state index in [0.717, 1.165) is 23.8 Å². The van der Waals surface area contributed by atoms with Crippen LogP contribution in [-0.2, 0) is 0 Å². The summed E-state index contributed by atoms with van der Waals surface area (Å²) in [5, 5.41) is 13.3. The third-order valence-electron chi connectivity index (χ3n) is 2.45. The van der Waals surface area contributed by atoms with E-state index in [0.29, 0.717) is 6.04 Å². The highest BCUT2D eigenvalue weighted by molar-refractivity contribution is 7.99. The number of nitriles is 1. The van der Waals surface area contributed by atoms with Crippen molar-refractivity contribution in [3.05, 3.63) is 18.5 Å². The van der Waals surface area contributed by atoms with Crippen molar-refractivity contribution in [2.75, 3.05) is 5.75 Å². The van der Waals surface area contributed by atoms with E-state index >= 15 is 0 Å². The molecule has 4 nitrogen and oxygen atoms in total. The van der Waals surface area contributed by atoms with Crippen LogP contribution in [0.4, 0.5) is 0 Å². The molecular formula is C13H20N4S. The molecule has 1 unspecified atom stereocenters. The summed E-state index contributed by atoms with van der Waals surface area (Å²) in [5.41, 5.74) is -0.438. The van der Waals surface area contributed by atoms with Gasteiger partial charge < -0.3 is 0 Å². The zero-order valence-corrected chi connectivity index (χ0v) is 12.0. The van der Waals surface area contributed by atoms with E-state index in [9.17, 15) is 5.26 Å². The Morgan fingerprint density at radius 1 is 1.44 bits per heavy atom. The minimum atomic E-state index is -0.438. The van der Waals surface area contributed by atoms with Crippen LogP contribution in [0.15, 0.2) is 23.6 Å². The Labute approximate surface area is 113 Å². The average molecular weight is 264 g/mol. The summed E-state index contributed by atoms with van der Waals surface area (Å²) < 4.78 is 0. The van der Waals surface area contributed by atoms with Crippen molar-refractivity contribution in [3.63, 3.8) is 0 Å². The first kappa shape index (κ1) is 14.9. The number of hydrogen-bond donors (Lipinski definition) is 1. The molecule has 0 aliphatic heterocycles. The Morgan fingerprint density at radius 2 is 2.11 bits per heavy atom. The monoisotopic (exact) mass is 264 g/mol. The van der Waals surface area contributed by atoms with Gasteiger partial charge in [-0.05, 0) is 39.7 Å². The van der Waals surface area contributed by atoms with Crippen LogP contribution in [0.25, 0.3) is 0 Å². The summed E-state index contributed by atoms with van der Waals surface area (Å²) in [7, 11) is 0. The summed E-state index contributed by atoms with van der Waals surface area (Å²) in [6.45, 7) is 6.07. The maximum Gasteiger partial charge on any atom is 0.187 e. The molecule has 1 aromatic rings. The van der Waals surface area contributed by atoms with Crippen molar-refractivity contribution in [3.8, 4) is 6.07 Å². The third-order valence-corrected chi connectivity index (χ3v) is 3.41. The van der Waals surface area contributed by atoms with Crippen LogP contribution >= 0.6 is 11.8 Å². The van der Waals surface area contributed by atoms with E-state index < -0.39 is 5.54 Å². The molecule has 0 saturated carbocycles. The first-order valence-electron chi connectivity index (χ1n) is 6.14. The fourth-order valence-electron chi connectivity index (χ4n) is 1.75. The maximum atomic E-state index is 9.21. The predicted molar refractivity (Wildman–Crippen MR) is 74.3 cm³/mol. The van der Waals surface area contributed by atoms with Gasteiger partial charge in [0.2, 0.25) is 0 Å². The van der Waals surface area contributed by atoms with Crippen LogP contribution in [0.5, 0.6) is 0 Å². The van der Waals surface area contributed by atoms with E-state index in [4.69, 9.17) is 0 Å². The Kier molecular flexibility index (Phi) is 6.10. The van der Waals surface area contributed by atoms with Crippen molar-refractivity contribution >= 4 is 11.8 Å². The van der Waals surface area contributed by atoms with E-state index in [-0.39, 0.29) is 0 Å². The lowest BCUT2D eigenvalue weighted by molar-refractivity contribution is 0.380. The Morgan fingerprint density at radius 3 is 2.67 bits per heavy atom. The van der Waals surface area contributed by atoms with Gasteiger partial charge in [-0.1, -0.05) is 11.8 Å². The molecule has 5 heteroatoms. The zero-order valence-electron chi connectivity index (χ0n) is 11.2. The second-order valence-corrected chi connectivity index (χ2v) is 5.79. The fourth-order valence-corrected chi connectivity index (χ4v) is 2.49. The van der Waals surface area contributed by atoms with Crippen LogP contribution in [0.2, 0.25) is 0 Å². The van der Waals surface area contributed by atoms with Gasteiger partial charge in [0.25, 0.3) is 0 Å². The van der Waals surface area contributed by atoms with Crippen LogP contribution < -0.4 is 5.32 Å². The number of rotatable bonds is 7. The van der Waals surface area contributed by atoms with Crippen LogP contribution in [-0.4, -0.2) is 27.3 Å². The van der Waals surface area contributed by atoms with E-state index in [1.165, 1.54) is 0 Å². The van der Waals surface area contributed by atoms with E-state index in [1.54, 1.807) is 24.2 Å². The molecule has 1 aromatic heterocycles. The molecule has 1 N–H and O–H groups in total. The number of thioether (sulfide) groups is 1. The number of nitrogens with zero attached hydrogens (tertiary/aromatic N) is 3. The molecule has 0 amide bonds. The first-order chi connectivity index (χ1) is 8.56. The van der Waals surface area contributed by atoms with Gasteiger partial charge in [0.15, 0.2) is 5.16 Å². The van der Waals surface area contributed by atoms with Gasteiger partial charge in [-0.25, -0.2) is 9.97 Å². The van der Waals surface area contributed by atoms with Crippen molar-refractivity contribution in [2.24, 2.45) is 0 Å². The Hall–Kier alpha value is -1.12. The molecule has 1 atom stereocenters. The number of hydrogen-bond acceptors (Lipinski definition) is 5. The molecule has 18 heavy (non-hydrogen) atoms. The van der Waals surface area contributed by atoms with Crippen LogP contribution in [0.3, 0.4) is 0 Å². The summed E-state index contributed by atoms with van der Waals surface area (Å²) in [5.74, 6) is 0.932. The standard InChI is InChI=1S/C13H20N4S/c1-11(2)17-13(3,10-14)6-4-9-18-12-15-7-5-8-16-12/h5,7-8,11,17H,4,6,9H2,1-3H3. The highest BCUT2D eigenvalue weighted by Gasteiger charge is 2.23. The van der Waals surface area contributed by atoms with Gasteiger partial charge in [-0.3, -0.25) is 5.32 Å². The first-order valence-corrected chi connectivity index (χ1v) is 7.13. The van der Waals surface area contributed by atoms with Crippen molar-refractivity contribution in [1.29, 1.82) is 5.26 Å². The normalized spacial score (nSPS) is 14.2. The lowest BCUT2D eigenvalue weighted by Crippen LogP contribution is -2.44. The molecule has 98 valence electrons. The molecule has 0 radical (unpaired) electrons. The van der Waals surface area contributed by atoms with Gasteiger partial charge in [0.05, 0.1) is 6.07 Å². The van der Waals surface area contributed by atoms with E-state index in [2.05, 4.69) is 35.2 Å². The summed E-state index contributed by atoms with van der Waals surface area (Å²) in [4.78, 5) is 8.30. The second-order valence-electron chi connectivity index (χ2n) is 4.73. The highest BCUT2D eigenvalue weighted by Crippen LogP contribution is 2.18. The minimum absolute atomic E-state index is 0.319. The lowest BCUT2D eigenvalue weighted by Gasteiger charge is -2.25. The quantitative estimate of drug-likeness (QED) is 0.466. The maximum absolute atomic E-state index is 9.21. The number of aromatic nitrogens is 2. The van der Waals surface area contributed by atoms with Crippen molar-refractivity contribution in [2.45, 2.75) is 50.4 Å². The largest absolute Gasteiger partial charge is 0.297 e. The van der Waals surface area contributed by atoms with Crippen LogP contribution in [0, 0.1) is 11.3 Å². The fraction of sp³-hybridized carbons (Fsp3) is 0.615. The molecule has 0 fully saturated rings. The molecule has 0 aliphatic carbocycles. The van der Waals surface area contributed by atoms with Gasteiger partial charge in [0, 0.05) is 24.2 Å². The van der Waals surface area contributed by atoms with Gasteiger partial charge in [0.1, 0.15) is 5.54 Å². The molecule has 0 saturated heterocycles. The SMILES string of the molecule is CC(C)NC(C)(C#N)CCCSc1ncccn1. The third kappa shape index (κ3) is 5.48. The second kappa shape index (κ2) is 7.34. The smallest absolute Gasteiger partial charge is 0.187 e. The predicted octanol–water partition coefficient (Wildman–Crippen LogP) is 2.63. The molecule has 1 rings (SSSR count). The average Bonchev–Trinajstić information content (AvgIpc) is 2.35. The van der Waals surface area contributed by atoms with Crippen LogP contribution in [0.1, 0.15) is 33.6 Å². The Bertz CT molecular complexity index is 388. The minimum Gasteiger partial charge on any atom is -0.297 e. The molecule has 0 bridgehead atoms. The number of nitrogens with one attached hydrogen (secondary N) is 1. The summed E-state index contributed by atoms with van der Waals surface area (Å²) in [6.07, 6.45) is 5.29. The summed E-state index contributed by atoms with van der Waals surface area (Å²) >= 11 is 1.63. The molecule has 0 spiro atoms. The zero-order chi connectivity index (χ0) is 13.4. The van der Waals surface area contributed by atoms with Crippen molar-refractivity contribution < 1.29 is 0 Å². The lowest BCUT2D eigenvalue weighted by atomic mass is 9.97.